The van der Waals surface area contributed by atoms with Gasteiger partial charge in [-0.1, -0.05) is 30.3 Å². The Morgan fingerprint density at radius 3 is 2.55 bits per heavy atom. The molecule has 1 N–H and O–H groups in total. The van der Waals surface area contributed by atoms with Crippen LogP contribution in [0.5, 0.6) is 0 Å². The van der Waals surface area contributed by atoms with Gasteiger partial charge >= 0.3 is 18.1 Å². The topological polar surface area (TPSA) is 93.8 Å². The van der Waals surface area contributed by atoms with E-state index in [0.29, 0.717) is 13.0 Å². The smallest absolute Gasteiger partial charge is 0.416 e. The zero-order chi connectivity index (χ0) is 23.3. The number of hydrogen-bond donors (Lipinski definition) is 1. The fourth-order valence-corrected chi connectivity index (χ4v) is 3.63. The highest BCUT2D eigenvalue weighted by atomic mass is 79.9. The molecule has 1 aromatic carbocycles. The number of methoxy groups -OCH3 is 1. The van der Waals surface area contributed by atoms with E-state index < -0.39 is 23.7 Å². The van der Waals surface area contributed by atoms with Crippen LogP contribution in [-0.2, 0) is 33.7 Å². The Morgan fingerprint density at radius 1 is 1.21 bits per heavy atom. The number of amides is 2. The van der Waals surface area contributed by atoms with Crippen LogP contribution in [0.15, 0.2) is 42.9 Å². The van der Waals surface area contributed by atoms with E-state index in [-0.39, 0.29) is 36.1 Å². The number of hydrogen-bond acceptors (Lipinski definition) is 5. The highest BCUT2D eigenvalue weighted by Gasteiger charge is 2.41. The third-order valence-corrected chi connectivity index (χ3v) is 5.11. The normalized spacial score (nSPS) is 15.3. The molecule has 0 saturated carbocycles. The van der Waals surface area contributed by atoms with Gasteiger partial charge in [-0.2, -0.15) is 0 Å². The third-order valence-electron chi connectivity index (χ3n) is 5.11. The Labute approximate surface area is 204 Å². The third kappa shape index (κ3) is 7.05. The van der Waals surface area contributed by atoms with E-state index in [1.807, 2.05) is 29.0 Å². The molecule has 0 saturated heterocycles. The van der Waals surface area contributed by atoms with Crippen LogP contribution in [-0.4, -0.2) is 59.4 Å². The Kier molecular flexibility index (Phi) is 9.04. The molecule has 0 radical (unpaired) electrons. The summed E-state index contributed by atoms with van der Waals surface area (Å²) in [4.78, 5) is 38.9. The number of ether oxygens (including phenoxy) is 2. The molecule has 0 unspecified atom stereocenters. The fourth-order valence-electron chi connectivity index (χ4n) is 3.63. The molecule has 0 bridgehead atoms. The van der Waals surface area contributed by atoms with Gasteiger partial charge in [-0.25, -0.2) is 19.0 Å². The number of rotatable bonds is 7. The van der Waals surface area contributed by atoms with Gasteiger partial charge in [-0.15, -0.1) is 4.57 Å². The van der Waals surface area contributed by atoms with Gasteiger partial charge in [-0.05, 0) is 26.3 Å². The Morgan fingerprint density at radius 2 is 1.91 bits per heavy atom. The highest BCUT2D eigenvalue weighted by molar-refractivity contribution is 5.87. The van der Waals surface area contributed by atoms with Gasteiger partial charge in [0.1, 0.15) is 17.8 Å². The molecule has 10 heteroatoms. The van der Waals surface area contributed by atoms with Crippen molar-refractivity contribution in [2.24, 2.45) is 0 Å². The number of benzene rings is 1. The van der Waals surface area contributed by atoms with E-state index in [1.165, 1.54) is 17.6 Å². The molecule has 1 aliphatic heterocycles. The van der Waals surface area contributed by atoms with Crippen LogP contribution in [0.1, 0.15) is 32.0 Å². The highest BCUT2D eigenvalue weighted by Crippen LogP contribution is 2.18. The predicted molar refractivity (Wildman–Crippen MR) is 116 cm³/mol. The zero-order valence-electron chi connectivity index (χ0n) is 19.4. The first-order valence-electron chi connectivity index (χ1n) is 10.7. The molecule has 9 nitrogen and oxygen atoms in total. The quantitative estimate of drug-likeness (QED) is 0.368. The first kappa shape index (κ1) is 26.4. The van der Waals surface area contributed by atoms with Crippen LogP contribution in [0.3, 0.4) is 0 Å². The van der Waals surface area contributed by atoms with Crippen molar-refractivity contribution in [3.8, 4) is 0 Å². The zero-order valence-corrected chi connectivity index (χ0v) is 21.0. The van der Waals surface area contributed by atoms with Crippen molar-refractivity contribution in [2.45, 2.75) is 51.8 Å². The summed E-state index contributed by atoms with van der Waals surface area (Å²) in [5.74, 6) is -0.487. The molecule has 1 aromatic heterocycles. The number of imidazole rings is 1. The summed E-state index contributed by atoms with van der Waals surface area (Å²) in [7, 11) is 1.30. The minimum absolute atomic E-state index is 0. The maximum atomic E-state index is 13.2. The summed E-state index contributed by atoms with van der Waals surface area (Å²) >= 11 is 0. The molecule has 1 atom stereocenters. The van der Waals surface area contributed by atoms with Crippen molar-refractivity contribution < 1.29 is 45.4 Å². The second-order valence-corrected chi connectivity index (χ2v) is 8.73. The minimum Gasteiger partial charge on any atom is -1.00 e. The number of nitrogens with zero attached hydrogens (tertiary/aromatic N) is 3. The van der Waals surface area contributed by atoms with E-state index >= 15 is 0 Å². The number of carbonyl (C=O) groups excluding carboxylic acids is 3. The van der Waals surface area contributed by atoms with Crippen LogP contribution >= 0.6 is 0 Å². The maximum Gasteiger partial charge on any atom is 0.416 e. The summed E-state index contributed by atoms with van der Waals surface area (Å²) < 4.78 is 13.7. The molecular weight excluding hydrogens is 492 g/mol. The van der Waals surface area contributed by atoms with Crippen LogP contribution in [0, 0.1) is 0 Å². The lowest BCUT2D eigenvalue weighted by molar-refractivity contribution is -0.695. The molecule has 2 amide bonds. The van der Waals surface area contributed by atoms with Crippen LogP contribution < -0.4 is 26.9 Å². The number of carbonyl (C=O) groups is 3. The molecule has 0 fully saturated rings. The van der Waals surface area contributed by atoms with Crippen LogP contribution in [0.25, 0.3) is 0 Å². The monoisotopic (exact) mass is 522 g/mol. The molecule has 3 rings (SSSR count). The van der Waals surface area contributed by atoms with Crippen molar-refractivity contribution in [1.82, 2.24) is 14.8 Å². The van der Waals surface area contributed by atoms with Gasteiger partial charge < -0.3 is 31.8 Å². The number of esters is 1. The van der Waals surface area contributed by atoms with Crippen LogP contribution in [0.4, 0.5) is 9.59 Å². The van der Waals surface area contributed by atoms with Crippen LogP contribution in [0.2, 0.25) is 0 Å². The number of aryl methyl sites for hydroxylation is 2. The predicted octanol–water partition coefficient (Wildman–Crippen LogP) is -1.09. The molecule has 1 aliphatic rings. The van der Waals surface area contributed by atoms with Crippen molar-refractivity contribution in [2.75, 3.05) is 20.2 Å². The lowest BCUT2D eigenvalue weighted by Gasteiger charge is -2.31. The fraction of sp³-hybridized carbons (Fsp3) is 0.478. The number of aromatic nitrogens is 2. The molecular formula is C23H31BrN4O5. The van der Waals surface area contributed by atoms with Gasteiger partial charge in [0, 0.05) is 25.9 Å². The van der Waals surface area contributed by atoms with Crippen molar-refractivity contribution >= 4 is 18.1 Å². The first-order valence-corrected chi connectivity index (χ1v) is 10.7. The lowest BCUT2D eigenvalue weighted by atomic mass is 10.1. The molecule has 0 aliphatic carbocycles. The second-order valence-electron chi connectivity index (χ2n) is 8.73. The van der Waals surface area contributed by atoms with Gasteiger partial charge in [0.05, 0.1) is 13.7 Å². The van der Waals surface area contributed by atoms with E-state index in [4.69, 9.17) is 9.47 Å². The van der Waals surface area contributed by atoms with Gasteiger partial charge in [0.15, 0.2) is 5.69 Å². The van der Waals surface area contributed by atoms with Gasteiger partial charge in [0.2, 0.25) is 0 Å². The molecule has 33 heavy (non-hydrogen) atoms. The standard InChI is InChI=1S/C23H30N4O5.BrH/c1-23(2,3)32-21(29)24-11-13-26-19(20(28)31-4)14-18-15-25(16-27(18)22(26)30)12-10-17-8-6-5-7-9-17;/h5-9,15-16,19H,10-14H2,1-4H3;1H/t19-;/m0./s1. The van der Waals surface area contributed by atoms with E-state index in [2.05, 4.69) is 17.4 Å². The molecule has 180 valence electrons. The largest absolute Gasteiger partial charge is 1.00 e. The minimum atomic E-state index is -0.752. The van der Waals surface area contributed by atoms with Crippen molar-refractivity contribution in [1.29, 1.82) is 0 Å². The van der Waals surface area contributed by atoms with E-state index in [0.717, 1.165) is 12.1 Å². The summed E-state index contributed by atoms with van der Waals surface area (Å²) in [5.41, 5.74) is 1.33. The second kappa shape index (κ2) is 11.3. The average Bonchev–Trinajstić information content (AvgIpc) is 3.16. The van der Waals surface area contributed by atoms with Gasteiger partial charge in [0.25, 0.3) is 6.33 Å². The first-order chi connectivity index (χ1) is 15.2. The van der Waals surface area contributed by atoms with E-state index in [9.17, 15) is 14.4 Å². The number of alkyl carbamates (subject to hydrolysis) is 1. The van der Waals surface area contributed by atoms with E-state index in [1.54, 1.807) is 31.7 Å². The summed E-state index contributed by atoms with van der Waals surface area (Å²) in [6.07, 6.45) is 4.24. The summed E-state index contributed by atoms with van der Waals surface area (Å²) in [5, 5.41) is 2.63. The SMILES string of the molecule is COC(=O)[C@@H]1Cc2c[n+](CCc3ccccc3)cn2C(=O)N1CCNC(=O)OC(C)(C)C.[Br-]. The average molecular weight is 523 g/mol. The molecule has 2 aromatic rings. The summed E-state index contributed by atoms with van der Waals surface area (Å²) in [6, 6.07) is 9.02. The number of fused-ring (bicyclic) bond motifs is 1. The lowest BCUT2D eigenvalue weighted by Crippen LogP contribution is -3.00. The Hall–Kier alpha value is -2.88. The Balaban J connectivity index is 0.00000385. The van der Waals surface area contributed by atoms with Gasteiger partial charge in [-0.3, -0.25) is 4.90 Å². The number of nitrogens with one attached hydrogen (secondary N) is 1. The Bertz CT molecular complexity index is 971. The maximum absolute atomic E-state index is 13.2. The van der Waals surface area contributed by atoms with Crippen molar-refractivity contribution in [3.63, 3.8) is 0 Å². The molecule has 2 heterocycles. The molecule has 0 spiro atoms. The number of halogens is 1. The van der Waals surface area contributed by atoms with Crippen molar-refractivity contribution in [3.05, 3.63) is 54.1 Å². The summed E-state index contributed by atoms with van der Waals surface area (Å²) in [6.45, 7) is 6.33.